The van der Waals surface area contributed by atoms with Gasteiger partial charge in [-0.1, -0.05) is 22.0 Å². The Balaban J connectivity index is 2.25. The second-order valence-electron chi connectivity index (χ2n) is 5.91. The van der Waals surface area contributed by atoms with Crippen LogP contribution < -0.4 is 10.1 Å². The molecule has 26 heavy (non-hydrogen) atoms. The van der Waals surface area contributed by atoms with Crippen molar-refractivity contribution in [3.05, 3.63) is 57.6 Å². The summed E-state index contributed by atoms with van der Waals surface area (Å²) in [6.45, 7) is 1.93. The van der Waals surface area contributed by atoms with Gasteiger partial charge in [0.1, 0.15) is 5.75 Å². The number of aryl methyl sites for hydroxylation is 1. The van der Waals surface area contributed by atoms with E-state index >= 15 is 0 Å². The van der Waals surface area contributed by atoms with E-state index in [4.69, 9.17) is 0 Å². The number of amides is 1. The van der Waals surface area contributed by atoms with Crippen LogP contribution in [-0.4, -0.2) is 31.3 Å². The molecule has 0 bridgehead atoms. The van der Waals surface area contributed by atoms with E-state index in [1.807, 2.05) is 13.0 Å². The molecule has 8 heteroatoms. The average Bonchev–Trinajstić information content (AvgIpc) is 2.51. The van der Waals surface area contributed by atoms with Crippen molar-refractivity contribution in [3.63, 3.8) is 0 Å². The number of nitrogens with zero attached hydrogens (tertiary/aromatic N) is 1. The predicted molar refractivity (Wildman–Crippen MR) is 97.3 cm³/mol. The van der Waals surface area contributed by atoms with Crippen molar-refractivity contribution in [2.75, 3.05) is 19.4 Å². The Morgan fingerprint density at radius 1 is 1.23 bits per heavy atom. The third-order valence-corrected chi connectivity index (χ3v) is 4.24. The number of hydrogen-bond donors (Lipinski definition) is 1. The lowest BCUT2D eigenvalue weighted by Gasteiger charge is -2.17. The maximum atomic E-state index is 12.6. The molecule has 0 unspecified atom stereocenters. The average molecular weight is 431 g/mol. The smallest absolute Gasteiger partial charge is 0.405 e. The van der Waals surface area contributed by atoms with E-state index < -0.39 is 6.36 Å². The Hall–Kier alpha value is -2.22. The van der Waals surface area contributed by atoms with Gasteiger partial charge in [0.05, 0.1) is 0 Å². The molecule has 0 saturated carbocycles. The molecule has 0 heterocycles. The molecule has 0 aliphatic heterocycles. The minimum absolute atomic E-state index is 0.0892. The Morgan fingerprint density at radius 3 is 2.54 bits per heavy atom. The van der Waals surface area contributed by atoms with E-state index in [2.05, 4.69) is 26.0 Å². The molecule has 0 atom stereocenters. The molecule has 2 aromatic carbocycles. The molecular formula is C18H18BrF3N2O2. The van der Waals surface area contributed by atoms with Crippen LogP contribution in [0, 0.1) is 6.92 Å². The van der Waals surface area contributed by atoms with Gasteiger partial charge in [0.25, 0.3) is 5.91 Å². The normalized spacial score (nSPS) is 11.2. The molecule has 2 aromatic rings. The Bertz CT molecular complexity index is 808. The van der Waals surface area contributed by atoms with E-state index in [1.165, 1.54) is 17.0 Å². The predicted octanol–water partition coefficient (Wildman–Crippen LogP) is 4.97. The first kappa shape index (κ1) is 20.1. The van der Waals surface area contributed by atoms with Crippen LogP contribution in [0.2, 0.25) is 0 Å². The van der Waals surface area contributed by atoms with Crippen LogP contribution in [0.3, 0.4) is 0 Å². The lowest BCUT2D eigenvalue weighted by Crippen LogP contribution is -2.22. The number of hydrogen-bond acceptors (Lipinski definition) is 3. The van der Waals surface area contributed by atoms with Crippen LogP contribution in [0.4, 0.5) is 18.9 Å². The number of alkyl halides is 3. The number of carbonyl (C=O) groups is 1. The number of rotatable bonds is 5. The fourth-order valence-corrected chi connectivity index (χ4v) is 2.88. The lowest BCUT2D eigenvalue weighted by molar-refractivity contribution is -0.274. The van der Waals surface area contributed by atoms with Crippen molar-refractivity contribution in [2.45, 2.75) is 19.8 Å². The summed E-state index contributed by atoms with van der Waals surface area (Å²) in [6.07, 6.45) is -4.77. The second kappa shape index (κ2) is 7.99. The van der Waals surface area contributed by atoms with Crippen molar-refractivity contribution in [3.8, 4) is 5.75 Å². The number of benzene rings is 2. The Labute approximate surface area is 158 Å². The molecule has 2 rings (SSSR count). The standard InChI is InChI=1S/C18H18BrF3N2O2/c1-11-7-12(17(25)24(2)3)9-13(8-11)23-10-14-15(19)5-4-6-16(14)26-18(20,21)22/h4-9,23H,10H2,1-3H3. The molecule has 1 N–H and O–H groups in total. The SMILES string of the molecule is Cc1cc(NCc2c(Br)cccc2OC(F)(F)F)cc(C(=O)N(C)C)c1. The van der Waals surface area contributed by atoms with Crippen molar-refractivity contribution in [2.24, 2.45) is 0 Å². The topological polar surface area (TPSA) is 41.6 Å². The van der Waals surface area contributed by atoms with Crippen LogP contribution in [0.5, 0.6) is 5.75 Å². The highest BCUT2D eigenvalue weighted by Gasteiger charge is 2.32. The van der Waals surface area contributed by atoms with Gasteiger partial charge >= 0.3 is 6.36 Å². The molecule has 0 fully saturated rings. The van der Waals surface area contributed by atoms with Crippen molar-refractivity contribution in [1.29, 1.82) is 0 Å². The first-order chi connectivity index (χ1) is 12.1. The zero-order chi connectivity index (χ0) is 19.5. The van der Waals surface area contributed by atoms with Gasteiger partial charge < -0.3 is 15.0 Å². The molecule has 1 amide bonds. The van der Waals surface area contributed by atoms with Gasteiger partial charge in [-0.15, -0.1) is 13.2 Å². The zero-order valence-electron chi connectivity index (χ0n) is 14.4. The number of carbonyl (C=O) groups excluding carboxylic acids is 1. The Kier molecular flexibility index (Phi) is 6.17. The van der Waals surface area contributed by atoms with E-state index in [-0.39, 0.29) is 18.2 Å². The fraction of sp³-hybridized carbons (Fsp3) is 0.278. The first-order valence-corrected chi connectivity index (χ1v) is 8.46. The van der Waals surface area contributed by atoms with Gasteiger partial charge in [0.15, 0.2) is 0 Å². The summed E-state index contributed by atoms with van der Waals surface area (Å²) in [5, 5.41) is 3.05. The molecule has 0 aliphatic carbocycles. The van der Waals surface area contributed by atoms with Crippen LogP contribution in [0.1, 0.15) is 21.5 Å². The summed E-state index contributed by atoms with van der Waals surface area (Å²) in [5.74, 6) is -0.435. The minimum atomic E-state index is -4.77. The summed E-state index contributed by atoms with van der Waals surface area (Å²) < 4.78 is 42.3. The van der Waals surface area contributed by atoms with E-state index in [1.54, 1.807) is 32.3 Å². The van der Waals surface area contributed by atoms with E-state index in [0.717, 1.165) is 5.56 Å². The molecule has 0 saturated heterocycles. The Morgan fingerprint density at radius 2 is 1.92 bits per heavy atom. The monoisotopic (exact) mass is 430 g/mol. The highest BCUT2D eigenvalue weighted by Crippen LogP contribution is 2.32. The third-order valence-electron chi connectivity index (χ3n) is 3.50. The van der Waals surface area contributed by atoms with Gasteiger partial charge in [-0.3, -0.25) is 4.79 Å². The van der Waals surface area contributed by atoms with Gasteiger partial charge in [-0.05, 0) is 42.8 Å². The second-order valence-corrected chi connectivity index (χ2v) is 6.76. The quantitative estimate of drug-likeness (QED) is 0.727. The number of halogens is 4. The van der Waals surface area contributed by atoms with Crippen LogP contribution in [0.15, 0.2) is 40.9 Å². The largest absolute Gasteiger partial charge is 0.573 e. The molecular weight excluding hydrogens is 413 g/mol. The molecule has 0 spiro atoms. The number of ether oxygens (including phenoxy) is 1. The molecule has 0 aromatic heterocycles. The zero-order valence-corrected chi connectivity index (χ0v) is 16.0. The van der Waals surface area contributed by atoms with Gasteiger partial charge in [-0.25, -0.2) is 0 Å². The molecule has 4 nitrogen and oxygen atoms in total. The molecule has 140 valence electrons. The van der Waals surface area contributed by atoms with Crippen molar-refractivity contribution >= 4 is 27.5 Å². The van der Waals surface area contributed by atoms with Gasteiger partial charge in [-0.2, -0.15) is 0 Å². The summed E-state index contributed by atoms with van der Waals surface area (Å²) in [6, 6.07) is 9.59. The third kappa shape index (κ3) is 5.39. The maximum Gasteiger partial charge on any atom is 0.573 e. The molecule has 0 radical (unpaired) electrons. The van der Waals surface area contributed by atoms with Gasteiger partial charge in [0, 0.05) is 41.9 Å². The summed E-state index contributed by atoms with van der Waals surface area (Å²) >= 11 is 3.25. The number of anilines is 1. The van der Waals surface area contributed by atoms with E-state index in [0.29, 0.717) is 21.3 Å². The summed E-state index contributed by atoms with van der Waals surface area (Å²) in [4.78, 5) is 13.6. The van der Waals surface area contributed by atoms with Crippen LogP contribution in [0.25, 0.3) is 0 Å². The fourth-order valence-electron chi connectivity index (χ4n) is 2.39. The van der Waals surface area contributed by atoms with Crippen molar-refractivity contribution in [1.82, 2.24) is 4.90 Å². The summed E-state index contributed by atoms with van der Waals surface area (Å²) in [7, 11) is 3.30. The maximum absolute atomic E-state index is 12.6. The molecule has 0 aliphatic rings. The number of nitrogens with one attached hydrogen (secondary N) is 1. The van der Waals surface area contributed by atoms with E-state index in [9.17, 15) is 18.0 Å². The van der Waals surface area contributed by atoms with Gasteiger partial charge in [0.2, 0.25) is 0 Å². The van der Waals surface area contributed by atoms with Crippen molar-refractivity contribution < 1.29 is 22.7 Å². The van der Waals surface area contributed by atoms with Crippen LogP contribution in [-0.2, 0) is 6.54 Å². The highest BCUT2D eigenvalue weighted by molar-refractivity contribution is 9.10. The minimum Gasteiger partial charge on any atom is -0.405 e. The summed E-state index contributed by atoms with van der Waals surface area (Å²) in [5.41, 5.74) is 2.31. The van der Waals surface area contributed by atoms with Crippen LogP contribution >= 0.6 is 15.9 Å². The highest BCUT2D eigenvalue weighted by atomic mass is 79.9. The first-order valence-electron chi connectivity index (χ1n) is 7.67. The lowest BCUT2D eigenvalue weighted by atomic mass is 10.1.